The van der Waals surface area contributed by atoms with Gasteiger partial charge in [-0.1, -0.05) is 64.1 Å². The van der Waals surface area contributed by atoms with Crippen LogP contribution in [0.15, 0.2) is 64.9 Å². The van der Waals surface area contributed by atoms with E-state index in [-0.39, 0.29) is 48.0 Å². The summed E-state index contributed by atoms with van der Waals surface area (Å²) >= 11 is 1.51. The molecule has 1 fully saturated rings. The second-order valence-electron chi connectivity index (χ2n) is 12.8. The molecule has 1 aliphatic heterocycles. The highest BCUT2D eigenvalue weighted by Gasteiger charge is 2.40. The van der Waals surface area contributed by atoms with Gasteiger partial charge in [0.2, 0.25) is 15.9 Å². The lowest BCUT2D eigenvalue weighted by Crippen LogP contribution is -2.57. The average molecular weight is 701 g/mol. The van der Waals surface area contributed by atoms with Crippen LogP contribution in [0.25, 0.3) is 0 Å². The third kappa shape index (κ3) is 9.15. The summed E-state index contributed by atoms with van der Waals surface area (Å²) in [6.07, 6.45) is -1.18. The van der Waals surface area contributed by atoms with E-state index in [9.17, 15) is 33.2 Å². The van der Waals surface area contributed by atoms with Crippen molar-refractivity contribution in [2.75, 3.05) is 26.2 Å². The molecule has 0 radical (unpaired) electrons. The number of nitrogens with zero attached hydrogens (tertiary/aromatic N) is 5. The smallest absolute Gasteiger partial charge is 0.321 e. The summed E-state index contributed by atoms with van der Waals surface area (Å²) in [6, 6.07) is 11.9. The number of aryl methyl sites for hydroxylation is 1. The van der Waals surface area contributed by atoms with Gasteiger partial charge in [-0.25, -0.2) is 18.2 Å². The SMILES string of the molecule is Cc1nc(CN2CCN([C@H](C(=O)N[C@@H](Cc3ccccc3)[C@H](O)CN(CC(C)C)S(=O)(=O)c3cccc([N+](=O)[O-])c3)C(C)C)C2=O)cs1. The van der Waals surface area contributed by atoms with Crippen molar-refractivity contribution in [2.45, 2.75) is 70.7 Å². The van der Waals surface area contributed by atoms with Crippen LogP contribution in [0, 0.1) is 28.9 Å². The Morgan fingerprint density at radius 1 is 1.10 bits per heavy atom. The van der Waals surface area contributed by atoms with E-state index in [1.165, 1.54) is 29.5 Å². The summed E-state index contributed by atoms with van der Waals surface area (Å²) in [7, 11) is -4.27. The Morgan fingerprint density at radius 3 is 2.42 bits per heavy atom. The molecule has 0 aliphatic carbocycles. The highest BCUT2D eigenvalue weighted by Crippen LogP contribution is 2.24. The van der Waals surface area contributed by atoms with Crippen molar-refractivity contribution in [2.24, 2.45) is 11.8 Å². The lowest BCUT2D eigenvalue weighted by Gasteiger charge is -2.34. The summed E-state index contributed by atoms with van der Waals surface area (Å²) in [5, 5.41) is 28.8. The normalized spacial score (nSPS) is 15.7. The van der Waals surface area contributed by atoms with Crippen molar-refractivity contribution in [1.29, 1.82) is 0 Å². The standard InChI is InChI=1S/C33H44N6O7S2/c1-22(2)18-37(48(45,46)28-13-9-12-27(17-28)39(43)44)20-30(40)29(16-25-10-7-6-8-11-25)35-32(41)31(23(3)4)38-15-14-36(33(38)42)19-26-21-47-24(5)34-26/h6-13,17,21-23,29-31,40H,14-16,18-20H2,1-5H3,(H,35,41)/t29-,30+,31-/m0/s1. The number of non-ortho nitro benzene ring substituents is 1. The highest BCUT2D eigenvalue weighted by molar-refractivity contribution is 7.89. The Labute approximate surface area is 285 Å². The maximum absolute atomic E-state index is 14.0. The number of sulfonamides is 1. The fraction of sp³-hybridized carbons (Fsp3) is 0.485. The predicted molar refractivity (Wildman–Crippen MR) is 183 cm³/mol. The maximum Gasteiger partial charge on any atom is 0.321 e. The number of urea groups is 1. The molecule has 1 aromatic heterocycles. The number of hydrogen-bond acceptors (Lipinski definition) is 9. The fourth-order valence-electron chi connectivity index (χ4n) is 5.83. The molecule has 0 unspecified atom stereocenters. The number of nitrogens with one attached hydrogen (secondary N) is 1. The largest absolute Gasteiger partial charge is 0.390 e. The minimum Gasteiger partial charge on any atom is -0.390 e. The zero-order chi connectivity index (χ0) is 35.2. The number of nitro groups is 1. The molecule has 15 heteroatoms. The molecular formula is C33H44N6O7S2. The van der Waals surface area contributed by atoms with Crippen molar-refractivity contribution in [3.8, 4) is 0 Å². The summed E-state index contributed by atoms with van der Waals surface area (Å²) in [4.78, 5) is 45.7. The van der Waals surface area contributed by atoms with E-state index in [0.29, 0.717) is 19.6 Å². The van der Waals surface area contributed by atoms with Crippen molar-refractivity contribution in [1.82, 2.24) is 24.4 Å². The second-order valence-corrected chi connectivity index (χ2v) is 15.8. The number of nitro benzene ring substituents is 1. The molecule has 1 aliphatic rings. The predicted octanol–water partition coefficient (Wildman–Crippen LogP) is 4.06. The first-order chi connectivity index (χ1) is 22.7. The molecule has 0 spiro atoms. The number of aliphatic hydroxyl groups excluding tert-OH is 1. The van der Waals surface area contributed by atoms with E-state index in [1.807, 2.05) is 70.3 Å². The van der Waals surface area contributed by atoms with Crippen LogP contribution in [0.1, 0.15) is 44.0 Å². The Kier molecular flexibility index (Phi) is 12.3. The number of aromatic nitrogens is 1. The molecule has 260 valence electrons. The summed E-state index contributed by atoms with van der Waals surface area (Å²) in [5.74, 6) is -0.867. The topological polar surface area (TPSA) is 166 Å². The van der Waals surface area contributed by atoms with Gasteiger partial charge in [-0.15, -0.1) is 11.3 Å². The van der Waals surface area contributed by atoms with E-state index in [1.54, 1.807) is 9.80 Å². The van der Waals surface area contributed by atoms with Crippen LogP contribution in [0.2, 0.25) is 0 Å². The molecule has 2 N–H and O–H groups in total. The van der Waals surface area contributed by atoms with Crippen molar-refractivity contribution >= 4 is 39.0 Å². The molecule has 3 aromatic rings. The van der Waals surface area contributed by atoms with Gasteiger partial charge in [0, 0.05) is 43.7 Å². The van der Waals surface area contributed by atoms with E-state index in [0.717, 1.165) is 26.6 Å². The van der Waals surface area contributed by atoms with Gasteiger partial charge < -0.3 is 20.2 Å². The van der Waals surface area contributed by atoms with Gasteiger partial charge in [0.25, 0.3) is 5.69 Å². The van der Waals surface area contributed by atoms with Gasteiger partial charge in [0.1, 0.15) is 6.04 Å². The molecule has 48 heavy (non-hydrogen) atoms. The minimum atomic E-state index is -4.27. The Balaban J connectivity index is 1.58. The van der Waals surface area contributed by atoms with Crippen LogP contribution in [-0.4, -0.2) is 93.8 Å². The fourth-order valence-corrected chi connectivity index (χ4v) is 8.09. The molecular weight excluding hydrogens is 657 g/mol. The third-order valence-corrected chi connectivity index (χ3v) is 10.7. The molecule has 2 aromatic carbocycles. The third-order valence-electron chi connectivity index (χ3n) is 8.10. The number of aliphatic hydroxyl groups is 1. The molecule has 0 saturated carbocycles. The molecule has 4 rings (SSSR count). The molecule has 2 heterocycles. The van der Waals surface area contributed by atoms with Crippen molar-refractivity contribution in [3.63, 3.8) is 0 Å². The van der Waals surface area contributed by atoms with Crippen LogP contribution in [-0.2, 0) is 27.8 Å². The number of benzene rings is 2. The van der Waals surface area contributed by atoms with Gasteiger partial charge in [-0.2, -0.15) is 4.31 Å². The highest BCUT2D eigenvalue weighted by atomic mass is 32.2. The zero-order valence-electron chi connectivity index (χ0n) is 27.9. The number of amides is 3. The van der Waals surface area contributed by atoms with Gasteiger partial charge in [-0.3, -0.25) is 14.9 Å². The average Bonchev–Trinajstić information content (AvgIpc) is 3.61. The van der Waals surface area contributed by atoms with Gasteiger partial charge >= 0.3 is 6.03 Å². The first-order valence-electron chi connectivity index (χ1n) is 15.9. The summed E-state index contributed by atoms with van der Waals surface area (Å²) in [6.45, 7) is 10.0. The number of thiazole rings is 1. The van der Waals surface area contributed by atoms with E-state index in [2.05, 4.69) is 10.3 Å². The molecule has 3 atom stereocenters. The lowest BCUT2D eigenvalue weighted by molar-refractivity contribution is -0.385. The van der Waals surface area contributed by atoms with E-state index in [4.69, 9.17) is 0 Å². The van der Waals surface area contributed by atoms with Crippen LogP contribution in [0.3, 0.4) is 0 Å². The quantitative estimate of drug-likeness (QED) is 0.167. The van der Waals surface area contributed by atoms with Gasteiger partial charge in [0.05, 0.1) is 39.2 Å². The maximum atomic E-state index is 14.0. The van der Waals surface area contributed by atoms with Crippen LogP contribution in [0.5, 0.6) is 0 Å². The number of carbonyl (C=O) groups is 2. The number of rotatable bonds is 16. The first kappa shape index (κ1) is 36.9. The van der Waals surface area contributed by atoms with E-state index >= 15 is 0 Å². The molecule has 0 bridgehead atoms. The molecule has 13 nitrogen and oxygen atoms in total. The summed E-state index contributed by atoms with van der Waals surface area (Å²) in [5.41, 5.74) is 1.23. The molecule has 1 saturated heterocycles. The minimum absolute atomic E-state index is 0.0271. The first-order valence-corrected chi connectivity index (χ1v) is 18.2. The Bertz CT molecular complexity index is 1680. The summed E-state index contributed by atoms with van der Waals surface area (Å²) < 4.78 is 28.7. The molecule has 3 amide bonds. The van der Waals surface area contributed by atoms with Crippen molar-refractivity contribution in [3.05, 3.63) is 86.4 Å². The van der Waals surface area contributed by atoms with Crippen molar-refractivity contribution < 1.29 is 28.0 Å². The Hall–Kier alpha value is -3.92. The van der Waals surface area contributed by atoms with Gasteiger partial charge in [-0.05, 0) is 36.8 Å². The monoisotopic (exact) mass is 700 g/mol. The van der Waals surface area contributed by atoms with Crippen LogP contribution in [0.4, 0.5) is 10.5 Å². The number of hydrogen-bond donors (Lipinski definition) is 2. The Morgan fingerprint density at radius 2 is 1.81 bits per heavy atom. The lowest BCUT2D eigenvalue weighted by atomic mass is 9.97. The van der Waals surface area contributed by atoms with Gasteiger partial charge in [0.15, 0.2) is 0 Å². The zero-order valence-corrected chi connectivity index (χ0v) is 29.5. The van der Waals surface area contributed by atoms with Crippen LogP contribution < -0.4 is 5.32 Å². The van der Waals surface area contributed by atoms with Crippen LogP contribution >= 0.6 is 11.3 Å². The number of carbonyl (C=O) groups excluding carboxylic acids is 2. The second kappa shape index (κ2) is 16.0. The van der Waals surface area contributed by atoms with E-state index < -0.39 is 39.0 Å².